The Morgan fingerprint density at radius 3 is 2.38 bits per heavy atom. The standard InChI is InChI=1S/C17H12ClNOSe/c1-11-2-4-12(5-3-11)15-10-21-17(19-15)16(20)13-6-8-14(18)9-7-13/h2-10H,1H3. The van der Waals surface area contributed by atoms with Gasteiger partial charge in [0.1, 0.15) is 0 Å². The monoisotopic (exact) mass is 361 g/mol. The van der Waals surface area contributed by atoms with Crippen molar-refractivity contribution in [1.82, 2.24) is 4.98 Å². The van der Waals surface area contributed by atoms with Crippen molar-refractivity contribution in [2.45, 2.75) is 6.92 Å². The average Bonchev–Trinajstić information content (AvgIpc) is 2.98. The van der Waals surface area contributed by atoms with Gasteiger partial charge >= 0.3 is 134 Å². The number of aryl methyl sites for hydroxylation is 1. The molecular weight excluding hydrogens is 349 g/mol. The number of hydrogen-bond acceptors (Lipinski definition) is 2. The molecule has 0 fully saturated rings. The van der Waals surface area contributed by atoms with E-state index in [9.17, 15) is 4.79 Å². The molecule has 0 bridgehead atoms. The molecule has 0 radical (unpaired) electrons. The summed E-state index contributed by atoms with van der Waals surface area (Å²) in [5.74, 6) is -0.00923. The molecule has 3 aromatic rings. The Morgan fingerprint density at radius 1 is 1.05 bits per heavy atom. The molecule has 1 aromatic heterocycles. The second kappa shape index (κ2) is 5.98. The summed E-state index contributed by atoms with van der Waals surface area (Å²) >= 11 is 5.83. The summed E-state index contributed by atoms with van der Waals surface area (Å²) in [6.45, 7) is 2.05. The Balaban J connectivity index is 1.89. The molecule has 3 rings (SSSR count). The molecule has 0 unspecified atom stereocenters. The first-order chi connectivity index (χ1) is 10.1. The second-order valence-corrected chi connectivity index (χ2v) is 6.98. The third-order valence-electron chi connectivity index (χ3n) is 3.15. The SMILES string of the molecule is Cc1ccc(-c2c[se]c(C(=O)c3ccc(Cl)cc3)n2)cc1. The van der Waals surface area contributed by atoms with Crippen molar-refractivity contribution in [3.63, 3.8) is 0 Å². The van der Waals surface area contributed by atoms with Gasteiger partial charge in [0.05, 0.1) is 0 Å². The average molecular weight is 361 g/mol. The number of rotatable bonds is 3. The summed E-state index contributed by atoms with van der Waals surface area (Å²) in [5.41, 5.74) is 3.80. The number of halogens is 1. The molecule has 0 amide bonds. The van der Waals surface area contributed by atoms with Crippen molar-refractivity contribution < 1.29 is 4.79 Å². The maximum atomic E-state index is 12.4. The van der Waals surface area contributed by atoms with E-state index in [-0.39, 0.29) is 20.3 Å². The van der Waals surface area contributed by atoms with E-state index < -0.39 is 0 Å². The predicted octanol–water partition coefficient (Wildman–Crippen LogP) is 4.00. The van der Waals surface area contributed by atoms with Gasteiger partial charge in [0.2, 0.25) is 0 Å². The topological polar surface area (TPSA) is 30.0 Å². The molecule has 0 N–H and O–H groups in total. The van der Waals surface area contributed by atoms with E-state index in [0.717, 1.165) is 11.3 Å². The number of nitrogens with zero attached hydrogens (tertiary/aromatic N) is 1. The third-order valence-corrected chi connectivity index (χ3v) is 5.17. The summed E-state index contributed by atoms with van der Waals surface area (Å²) < 4.78 is 0.639. The minimum atomic E-state index is -0.0169. The fraction of sp³-hybridized carbons (Fsp3) is 0.0588. The van der Waals surface area contributed by atoms with Gasteiger partial charge in [0, 0.05) is 0 Å². The molecule has 104 valence electrons. The first-order valence-electron chi connectivity index (χ1n) is 6.46. The van der Waals surface area contributed by atoms with Crippen LogP contribution in [0.3, 0.4) is 0 Å². The van der Waals surface area contributed by atoms with Gasteiger partial charge in [0.25, 0.3) is 0 Å². The van der Waals surface area contributed by atoms with Crippen LogP contribution < -0.4 is 0 Å². The molecule has 0 aliphatic rings. The van der Waals surface area contributed by atoms with E-state index >= 15 is 0 Å². The number of carbonyl (C=O) groups is 1. The molecule has 4 heteroatoms. The van der Waals surface area contributed by atoms with Crippen LogP contribution in [0.1, 0.15) is 20.5 Å². The first-order valence-corrected chi connectivity index (χ1v) is 8.69. The zero-order valence-electron chi connectivity index (χ0n) is 11.3. The molecule has 21 heavy (non-hydrogen) atoms. The van der Waals surface area contributed by atoms with Gasteiger partial charge in [-0.3, -0.25) is 0 Å². The van der Waals surface area contributed by atoms with Crippen molar-refractivity contribution in [3.05, 3.63) is 74.2 Å². The van der Waals surface area contributed by atoms with Crippen LogP contribution in [0.25, 0.3) is 11.3 Å². The van der Waals surface area contributed by atoms with Gasteiger partial charge in [-0.25, -0.2) is 0 Å². The van der Waals surface area contributed by atoms with Gasteiger partial charge < -0.3 is 0 Å². The zero-order valence-corrected chi connectivity index (χ0v) is 13.8. The molecule has 0 atom stereocenters. The zero-order chi connectivity index (χ0) is 14.8. The summed E-state index contributed by atoms with van der Waals surface area (Å²) in [5, 5.41) is 0.629. The van der Waals surface area contributed by atoms with Gasteiger partial charge in [-0.05, 0) is 0 Å². The molecule has 0 aliphatic heterocycles. The Bertz CT molecular complexity index is 775. The van der Waals surface area contributed by atoms with Crippen LogP contribution in [-0.2, 0) is 0 Å². The Hall–Kier alpha value is -1.67. The Morgan fingerprint density at radius 2 is 1.71 bits per heavy atom. The Kier molecular flexibility index (Phi) is 4.07. The third kappa shape index (κ3) is 3.16. The van der Waals surface area contributed by atoms with Crippen molar-refractivity contribution in [1.29, 1.82) is 0 Å². The number of benzene rings is 2. The van der Waals surface area contributed by atoms with Crippen molar-refractivity contribution in [2.75, 3.05) is 0 Å². The quantitative estimate of drug-likeness (QED) is 0.522. The molecule has 2 aromatic carbocycles. The fourth-order valence-corrected chi connectivity index (χ4v) is 3.74. The van der Waals surface area contributed by atoms with Gasteiger partial charge in [-0.15, -0.1) is 0 Å². The molecular formula is C17H12ClNOSe. The number of hydrogen-bond donors (Lipinski definition) is 0. The van der Waals surface area contributed by atoms with Crippen LogP contribution in [0.4, 0.5) is 0 Å². The molecule has 0 saturated carbocycles. The van der Waals surface area contributed by atoms with Crippen LogP contribution in [0.15, 0.2) is 53.5 Å². The Labute approximate surface area is 134 Å². The van der Waals surface area contributed by atoms with E-state index in [4.69, 9.17) is 11.6 Å². The normalized spacial score (nSPS) is 10.6. The summed E-state index contributed by atoms with van der Waals surface area (Å²) in [6, 6.07) is 15.1. The predicted molar refractivity (Wildman–Crippen MR) is 86.2 cm³/mol. The minimum absolute atomic E-state index is 0.00923. The summed E-state index contributed by atoms with van der Waals surface area (Å²) in [6.07, 6.45) is 0. The molecule has 0 aliphatic carbocycles. The van der Waals surface area contributed by atoms with Gasteiger partial charge in [0.15, 0.2) is 0 Å². The number of aromatic nitrogens is 1. The van der Waals surface area contributed by atoms with Crippen LogP contribution in [0, 0.1) is 6.92 Å². The second-order valence-electron chi connectivity index (χ2n) is 4.74. The van der Waals surface area contributed by atoms with E-state index in [1.165, 1.54) is 5.56 Å². The summed E-state index contributed by atoms with van der Waals surface area (Å²) in [4.78, 5) is 19.0. The van der Waals surface area contributed by atoms with Crippen LogP contribution >= 0.6 is 11.6 Å². The first kappa shape index (κ1) is 14.3. The number of carbonyl (C=O) groups excluding carboxylic acids is 1. The van der Waals surface area contributed by atoms with E-state index in [1.807, 2.05) is 12.1 Å². The van der Waals surface area contributed by atoms with Crippen LogP contribution in [0.2, 0.25) is 5.02 Å². The van der Waals surface area contributed by atoms with Gasteiger partial charge in [-0.1, -0.05) is 0 Å². The number of ketones is 1. The molecule has 0 spiro atoms. The van der Waals surface area contributed by atoms with Crippen LogP contribution in [0.5, 0.6) is 0 Å². The summed E-state index contributed by atoms with van der Waals surface area (Å²) in [7, 11) is 0. The van der Waals surface area contributed by atoms with E-state index in [0.29, 0.717) is 15.2 Å². The maximum absolute atomic E-state index is 12.4. The molecule has 2 nitrogen and oxygen atoms in total. The van der Waals surface area contributed by atoms with Crippen LogP contribution in [-0.4, -0.2) is 25.3 Å². The van der Waals surface area contributed by atoms with Crippen molar-refractivity contribution in [2.24, 2.45) is 0 Å². The van der Waals surface area contributed by atoms with E-state index in [2.05, 4.69) is 29.0 Å². The van der Waals surface area contributed by atoms with Gasteiger partial charge in [-0.2, -0.15) is 0 Å². The molecule has 1 heterocycles. The van der Waals surface area contributed by atoms with Crippen molar-refractivity contribution >= 4 is 31.9 Å². The van der Waals surface area contributed by atoms with Crippen molar-refractivity contribution in [3.8, 4) is 11.3 Å². The fourth-order valence-electron chi connectivity index (χ4n) is 1.96. The molecule has 0 saturated heterocycles. The van der Waals surface area contributed by atoms with E-state index in [1.54, 1.807) is 24.3 Å².